The number of piperazine rings is 1. The van der Waals surface area contributed by atoms with E-state index < -0.39 is 15.9 Å². The Morgan fingerprint density at radius 2 is 1.83 bits per heavy atom. The van der Waals surface area contributed by atoms with Gasteiger partial charge < -0.3 is 5.73 Å². The molecule has 3 aromatic rings. The van der Waals surface area contributed by atoms with E-state index >= 15 is 0 Å². The Morgan fingerprint density at radius 1 is 1.13 bits per heavy atom. The summed E-state index contributed by atoms with van der Waals surface area (Å²) in [5.74, 6) is -0.626. The van der Waals surface area contributed by atoms with Gasteiger partial charge in [-0.3, -0.25) is 9.69 Å². The maximum absolute atomic E-state index is 13.1. The lowest BCUT2D eigenvalue weighted by atomic mass is 10.1. The fourth-order valence-electron chi connectivity index (χ4n) is 3.73. The van der Waals surface area contributed by atoms with Gasteiger partial charge in [-0.1, -0.05) is 18.2 Å². The molecular weight excluding hydrogens is 420 g/mol. The van der Waals surface area contributed by atoms with E-state index in [0.29, 0.717) is 31.7 Å². The van der Waals surface area contributed by atoms with E-state index in [4.69, 9.17) is 10.7 Å². The molecular formula is C21H24N4O3S2. The maximum Gasteiger partial charge on any atom is 0.249 e. The standard InChI is InChI=1S/C21H24N4O3S2/c1-14-7-8-16(13-17(14)20(22)26)30(27,28)25-11-9-24(10-12-25)15(2)21-23-18-5-3-4-6-19(18)29-21/h3-8,13,15H,9-12H2,1-2H3,(H2,22,26). The van der Waals surface area contributed by atoms with E-state index in [-0.39, 0.29) is 16.5 Å². The molecule has 4 rings (SSSR count). The average molecular weight is 445 g/mol. The summed E-state index contributed by atoms with van der Waals surface area (Å²) in [7, 11) is -3.68. The Hall–Kier alpha value is -2.33. The lowest BCUT2D eigenvalue weighted by Crippen LogP contribution is -2.49. The molecule has 1 amide bonds. The Kier molecular flexibility index (Phi) is 5.63. The van der Waals surface area contributed by atoms with Crippen LogP contribution in [0.4, 0.5) is 0 Å². The van der Waals surface area contributed by atoms with Crippen LogP contribution in [-0.2, 0) is 10.0 Å². The minimum atomic E-state index is -3.68. The highest BCUT2D eigenvalue weighted by Gasteiger charge is 2.31. The van der Waals surface area contributed by atoms with Crippen molar-refractivity contribution in [3.63, 3.8) is 0 Å². The van der Waals surface area contributed by atoms with Crippen molar-refractivity contribution in [2.45, 2.75) is 24.8 Å². The third-order valence-electron chi connectivity index (χ3n) is 5.60. The molecule has 1 aliphatic heterocycles. The predicted octanol–water partition coefficient (Wildman–Crippen LogP) is 2.77. The number of para-hydroxylation sites is 1. The SMILES string of the molecule is Cc1ccc(S(=O)(=O)N2CCN(C(C)c3nc4ccccc4s3)CC2)cc1C(N)=O. The van der Waals surface area contributed by atoms with E-state index in [9.17, 15) is 13.2 Å². The van der Waals surface area contributed by atoms with Gasteiger partial charge in [0.15, 0.2) is 0 Å². The van der Waals surface area contributed by atoms with Crippen LogP contribution in [0.5, 0.6) is 0 Å². The molecule has 0 saturated carbocycles. The van der Waals surface area contributed by atoms with E-state index in [1.165, 1.54) is 16.4 Å². The lowest BCUT2D eigenvalue weighted by molar-refractivity contribution is 0.0999. The number of hydrogen-bond acceptors (Lipinski definition) is 6. The zero-order chi connectivity index (χ0) is 21.5. The van der Waals surface area contributed by atoms with E-state index in [0.717, 1.165) is 15.2 Å². The number of thiazole rings is 1. The molecule has 158 valence electrons. The van der Waals surface area contributed by atoms with Gasteiger partial charge in [-0.05, 0) is 43.7 Å². The summed E-state index contributed by atoms with van der Waals surface area (Å²) >= 11 is 1.68. The number of aromatic nitrogens is 1. The Morgan fingerprint density at radius 3 is 2.50 bits per heavy atom. The van der Waals surface area contributed by atoms with Crippen LogP contribution in [0.3, 0.4) is 0 Å². The highest BCUT2D eigenvalue weighted by Crippen LogP contribution is 2.30. The quantitative estimate of drug-likeness (QED) is 0.653. The van der Waals surface area contributed by atoms with Crippen LogP contribution in [0.15, 0.2) is 47.4 Å². The smallest absolute Gasteiger partial charge is 0.249 e. The van der Waals surface area contributed by atoms with Crippen molar-refractivity contribution in [1.82, 2.24) is 14.2 Å². The normalized spacial score (nSPS) is 17.3. The van der Waals surface area contributed by atoms with Gasteiger partial charge in [0, 0.05) is 31.7 Å². The minimum absolute atomic E-state index is 0.106. The first kappa shape index (κ1) is 20.9. The molecule has 0 spiro atoms. The number of benzene rings is 2. The summed E-state index contributed by atoms with van der Waals surface area (Å²) in [5, 5.41) is 1.04. The topological polar surface area (TPSA) is 96.6 Å². The number of aryl methyl sites for hydroxylation is 1. The van der Waals surface area contributed by atoms with Gasteiger partial charge in [0.05, 0.1) is 21.2 Å². The largest absolute Gasteiger partial charge is 0.366 e. The van der Waals surface area contributed by atoms with Crippen LogP contribution in [0.2, 0.25) is 0 Å². The highest BCUT2D eigenvalue weighted by molar-refractivity contribution is 7.89. The summed E-state index contributed by atoms with van der Waals surface area (Å²) < 4.78 is 28.8. The summed E-state index contributed by atoms with van der Waals surface area (Å²) in [6, 6.07) is 12.7. The first-order valence-corrected chi connectivity index (χ1v) is 12.0. The first-order valence-electron chi connectivity index (χ1n) is 9.77. The zero-order valence-corrected chi connectivity index (χ0v) is 18.5. The van der Waals surface area contributed by atoms with Crippen molar-refractivity contribution in [2.24, 2.45) is 5.73 Å². The van der Waals surface area contributed by atoms with Gasteiger partial charge in [0.1, 0.15) is 5.01 Å². The molecule has 0 bridgehead atoms. The second kappa shape index (κ2) is 8.07. The van der Waals surface area contributed by atoms with E-state index in [2.05, 4.69) is 17.9 Å². The fraction of sp³-hybridized carbons (Fsp3) is 0.333. The average Bonchev–Trinajstić information content (AvgIpc) is 3.17. The van der Waals surface area contributed by atoms with Crippen molar-refractivity contribution in [1.29, 1.82) is 0 Å². The molecule has 2 aromatic carbocycles. The number of sulfonamides is 1. The third-order valence-corrected chi connectivity index (χ3v) is 8.70. The number of carbonyl (C=O) groups is 1. The van der Waals surface area contributed by atoms with Crippen LogP contribution >= 0.6 is 11.3 Å². The molecule has 9 heteroatoms. The Balaban J connectivity index is 1.48. The fourth-order valence-corrected chi connectivity index (χ4v) is 6.23. The van der Waals surface area contributed by atoms with Gasteiger partial charge in [-0.15, -0.1) is 11.3 Å². The summed E-state index contributed by atoms with van der Waals surface area (Å²) in [6.45, 7) is 5.85. The van der Waals surface area contributed by atoms with Crippen molar-refractivity contribution in [3.8, 4) is 0 Å². The summed E-state index contributed by atoms with van der Waals surface area (Å²) in [5.41, 5.74) is 7.27. The molecule has 2 heterocycles. The van der Waals surface area contributed by atoms with Crippen molar-refractivity contribution in [3.05, 3.63) is 58.6 Å². The molecule has 1 unspecified atom stereocenters. The van der Waals surface area contributed by atoms with E-state index in [1.54, 1.807) is 24.3 Å². The predicted molar refractivity (Wildman–Crippen MR) is 118 cm³/mol. The Labute approximate surface area is 180 Å². The molecule has 2 N–H and O–H groups in total. The second-order valence-electron chi connectivity index (χ2n) is 7.48. The van der Waals surface area contributed by atoms with Crippen molar-refractivity contribution < 1.29 is 13.2 Å². The first-order chi connectivity index (χ1) is 14.3. The van der Waals surface area contributed by atoms with Gasteiger partial charge >= 0.3 is 0 Å². The summed E-state index contributed by atoms with van der Waals surface area (Å²) in [4.78, 5) is 18.7. The van der Waals surface area contributed by atoms with Crippen LogP contribution < -0.4 is 5.73 Å². The van der Waals surface area contributed by atoms with Crippen molar-refractivity contribution >= 4 is 37.5 Å². The minimum Gasteiger partial charge on any atom is -0.366 e. The monoisotopic (exact) mass is 444 g/mol. The number of nitrogens with zero attached hydrogens (tertiary/aromatic N) is 3. The van der Waals surface area contributed by atoms with Gasteiger partial charge in [0.25, 0.3) is 0 Å². The van der Waals surface area contributed by atoms with Crippen LogP contribution in [0, 0.1) is 6.92 Å². The Bertz CT molecular complexity index is 1160. The number of nitrogens with two attached hydrogens (primary N) is 1. The molecule has 1 saturated heterocycles. The molecule has 1 atom stereocenters. The molecule has 7 nitrogen and oxygen atoms in total. The number of hydrogen-bond donors (Lipinski definition) is 1. The number of fused-ring (bicyclic) bond motifs is 1. The van der Waals surface area contributed by atoms with Crippen LogP contribution in [-0.4, -0.2) is 54.7 Å². The van der Waals surface area contributed by atoms with Gasteiger partial charge in [0.2, 0.25) is 15.9 Å². The second-order valence-corrected chi connectivity index (χ2v) is 10.5. The van der Waals surface area contributed by atoms with Crippen molar-refractivity contribution in [2.75, 3.05) is 26.2 Å². The van der Waals surface area contributed by atoms with E-state index in [1.807, 2.05) is 18.2 Å². The highest BCUT2D eigenvalue weighted by atomic mass is 32.2. The number of primary amides is 1. The van der Waals surface area contributed by atoms with Crippen LogP contribution in [0.1, 0.15) is 33.9 Å². The van der Waals surface area contributed by atoms with Gasteiger partial charge in [-0.25, -0.2) is 13.4 Å². The molecule has 30 heavy (non-hydrogen) atoms. The third kappa shape index (κ3) is 3.85. The molecule has 0 aliphatic carbocycles. The molecule has 1 aromatic heterocycles. The number of carbonyl (C=O) groups excluding carboxylic acids is 1. The molecule has 0 radical (unpaired) electrons. The number of rotatable bonds is 5. The molecule has 1 aliphatic rings. The zero-order valence-electron chi connectivity index (χ0n) is 16.9. The molecule has 1 fully saturated rings. The number of amides is 1. The summed E-state index contributed by atoms with van der Waals surface area (Å²) in [6.07, 6.45) is 0. The maximum atomic E-state index is 13.1. The van der Waals surface area contributed by atoms with Gasteiger partial charge in [-0.2, -0.15) is 4.31 Å². The van der Waals surface area contributed by atoms with Crippen LogP contribution in [0.25, 0.3) is 10.2 Å². The lowest BCUT2D eigenvalue weighted by Gasteiger charge is -2.36.